The minimum Gasteiger partial charge on any atom is -0.293 e. The molecule has 2 heterocycles. The van der Waals surface area contributed by atoms with Crippen LogP contribution in [0.3, 0.4) is 0 Å². The Hall–Kier alpha value is -1.72. The van der Waals surface area contributed by atoms with Crippen molar-refractivity contribution < 1.29 is 4.79 Å². The van der Waals surface area contributed by atoms with Gasteiger partial charge in [0.1, 0.15) is 15.7 Å². The van der Waals surface area contributed by atoms with Crippen LogP contribution in [0.15, 0.2) is 29.3 Å². The lowest BCUT2D eigenvalue weighted by Gasteiger charge is -2.06. The first-order valence-electron chi connectivity index (χ1n) is 7.99. The first-order chi connectivity index (χ1) is 11.5. The molecule has 0 spiro atoms. The molecule has 0 N–H and O–H groups in total. The molecule has 0 aliphatic carbocycles. The molecule has 1 aromatic carbocycles. The molecule has 5 heteroatoms. The van der Waals surface area contributed by atoms with Gasteiger partial charge in [0.15, 0.2) is 5.78 Å². The molecule has 2 aromatic heterocycles. The summed E-state index contributed by atoms with van der Waals surface area (Å²) in [5, 5.41) is 2.04. The van der Waals surface area contributed by atoms with E-state index in [0.717, 1.165) is 38.6 Å². The van der Waals surface area contributed by atoms with Crippen LogP contribution in [0.1, 0.15) is 39.1 Å². The highest BCUT2D eigenvalue weighted by molar-refractivity contribution is 8.00. The van der Waals surface area contributed by atoms with Gasteiger partial charge in [-0.1, -0.05) is 48.5 Å². The van der Waals surface area contributed by atoms with Crippen LogP contribution in [0.2, 0.25) is 0 Å². The Bertz CT molecular complexity index is 898. The third-order valence-corrected chi connectivity index (χ3v) is 6.15. The minimum absolute atomic E-state index is 0.134. The van der Waals surface area contributed by atoms with Gasteiger partial charge < -0.3 is 0 Å². The molecule has 0 fully saturated rings. The molecule has 0 aliphatic rings. The standard InChI is InChI=1S/C19H20N2OS2/c1-5-16-20-18(17-12(3)13(4)24-19(17)21-16)23-10-15(22)14-8-6-11(2)7-9-14/h6-9H,5,10H2,1-4H3. The van der Waals surface area contributed by atoms with E-state index in [1.165, 1.54) is 22.2 Å². The molecule has 0 aliphatic heterocycles. The fraction of sp³-hybridized carbons (Fsp3) is 0.316. The maximum Gasteiger partial charge on any atom is 0.173 e. The number of carbonyl (C=O) groups is 1. The first-order valence-corrected chi connectivity index (χ1v) is 9.79. The summed E-state index contributed by atoms with van der Waals surface area (Å²) in [5.74, 6) is 1.37. The zero-order valence-electron chi connectivity index (χ0n) is 14.3. The Balaban J connectivity index is 1.89. The number of benzene rings is 1. The van der Waals surface area contributed by atoms with E-state index in [-0.39, 0.29) is 5.78 Å². The normalized spacial score (nSPS) is 11.2. The van der Waals surface area contributed by atoms with Crippen molar-refractivity contribution in [3.05, 3.63) is 51.7 Å². The van der Waals surface area contributed by atoms with E-state index in [1.54, 1.807) is 11.3 Å². The smallest absolute Gasteiger partial charge is 0.173 e. The number of rotatable bonds is 5. The van der Waals surface area contributed by atoms with Gasteiger partial charge in [-0.2, -0.15) is 0 Å². The number of nitrogens with zero attached hydrogens (tertiary/aromatic N) is 2. The Morgan fingerprint density at radius 2 is 1.83 bits per heavy atom. The van der Waals surface area contributed by atoms with Gasteiger partial charge in [0.25, 0.3) is 0 Å². The van der Waals surface area contributed by atoms with Gasteiger partial charge in [-0.05, 0) is 26.3 Å². The number of hydrogen-bond donors (Lipinski definition) is 0. The summed E-state index contributed by atoms with van der Waals surface area (Å²) in [6.45, 7) is 8.29. The van der Waals surface area contributed by atoms with Gasteiger partial charge >= 0.3 is 0 Å². The van der Waals surface area contributed by atoms with Crippen LogP contribution in [0.25, 0.3) is 10.2 Å². The minimum atomic E-state index is 0.134. The number of thioether (sulfide) groups is 1. The Morgan fingerprint density at radius 3 is 2.50 bits per heavy atom. The maximum absolute atomic E-state index is 12.4. The summed E-state index contributed by atoms with van der Waals surface area (Å²) >= 11 is 3.23. The average molecular weight is 357 g/mol. The van der Waals surface area contributed by atoms with Crippen LogP contribution in [0.4, 0.5) is 0 Å². The highest BCUT2D eigenvalue weighted by Gasteiger charge is 2.16. The van der Waals surface area contributed by atoms with Gasteiger partial charge in [0, 0.05) is 22.2 Å². The van der Waals surface area contributed by atoms with Crippen molar-refractivity contribution in [1.82, 2.24) is 9.97 Å². The number of thiophene rings is 1. The quantitative estimate of drug-likeness (QED) is 0.360. The molecule has 124 valence electrons. The predicted octanol–water partition coefficient (Wildman–Crippen LogP) is 5.15. The van der Waals surface area contributed by atoms with E-state index in [2.05, 4.69) is 30.7 Å². The van der Waals surface area contributed by atoms with Crippen molar-refractivity contribution in [2.75, 3.05) is 5.75 Å². The van der Waals surface area contributed by atoms with Crippen molar-refractivity contribution in [2.24, 2.45) is 0 Å². The van der Waals surface area contributed by atoms with Gasteiger partial charge in [-0.25, -0.2) is 9.97 Å². The zero-order valence-corrected chi connectivity index (χ0v) is 16.0. The van der Waals surface area contributed by atoms with E-state index in [1.807, 2.05) is 31.2 Å². The van der Waals surface area contributed by atoms with Crippen molar-refractivity contribution >= 4 is 39.1 Å². The molecule has 3 aromatic rings. The summed E-state index contributed by atoms with van der Waals surface area (Å²) in [6, 6.07) is 7.74. The molecule has 0 amide bonds. The molecule has 0 saturated heterocycles. The Kier molecular flexibility index (Phi) is 5.01. The molecule has 0 radical (unpaired) electrons. The van der Waals surface area contributed by atoms with Crippen LogP contribution in [0, 0.1) is 20.8 Å². The van der Waals surface area contributed by atoms with Crippen LogP contribution in [-0.2, 0) is 6.42 Å². The van der Waals surface area contributed by atoms with Gasteiger partial charge in [-0.15, -0.1) is 11.3 Å². The van der Waals surface area contributed by atoms with Crippen LogP contribution < -0.4 is 0 Å². The largest absolute Gasteiger partial charge is 0.293 e. The molecule has 0 saturated carbocycles. The Morgan fingerprint density at radius 1 is 1.12 bits per heavy atom. The second-order valence-electron chi connectivity index (χ2n) is 5.84. The van der Waals surface area contributed by atoms with E-state index >= 15 is 0 Å². The molecule has 24 heavy (non-hydrogen) atoms. The van der Waals surface area contributed by atoms with E-state index in [4.69, 9.17) is 0 Å². The summed E-state index contributed by atoms with van der Waals surface area (Å²) in [4.78, 5) is 24.1. The number of carbonyl (C=O) groups excluding carboxylic acids is 1. The highest BCUT2D eigenvalue weighted by atomic mass is 32.2. The molecule has 0 unspecified atom stereocenters. The van der Waals surface area contributed by atoms with E-state index in [9.17, 15) is 4.79 Å². The van der Waals surface area contributed by atoms with Gasteiger partial charge in [-0.3, -0.25) is 4.79 Å². The van der Waals surface area contributed by atoms with E-state index in [0.29, 0.717) is 5.75 Å². The lowest BCUT2D eigenvalue weighted by molar-refractivity contribution is 0.102. The fourth-order valence-corrected chi connectivity index (χ4v) is 4.59. The topological polar surface area (TPSA) is 42.9 Å². The molecule has 0 bridgehead atoms. The zero-order chi connectivity index (χ0) is 17.3. The SMILES string of the molecule is CCc1nc(SCC(=O)c2ccc(C)cc2)c2c(C)c(C)sc2n1. The first kappa shape index (κ1) is 17.1. The fourth-order valence-electron chi connectivity index (χ4n) is 2.47. The highest BCUT2D eigenvalue weighted by Crippen LogP contribution is 2.35. The summed E-state index contributed by atoms with van der Waals surface area (Å²) < 4.78 is 0. The monoisotopic (exact) mass is 356 g/mol. The average Bonchev–Trinajstić information content (AvgIpc) is 2.87. The number of fused-ring (bicyclic) bond motifs is 1. The van der Waals surface area contributed by atoms with Crippen molar-refractivity contribution in [3.8, 4) is 0 Å². The molecule has 3 rings (SSSR count). The van der Waals surface area contributed by atoms with Crippen molar-refractivity contribution in [1.29, 1.82) is 0 Å². The second kappa shape index (κ2) is 7.03. The molecular weight excluding hydrogens is 336 g/mol. The van der Waals surface area contributed by atoms with Crippen LogP contribution >= 0.6 is 23.1 Å². The molecule has 3 nitrogen and oxygen atoms in total. The van der Waals surface area contributed by atoms with Crippen LogP contribution in [-0.4, -0.2) is 21.5 Å². The second-order valence-corrected chi connectivity index (χ2v) is 8.01. The molecule has 0 atom stereocenters. The van der Waals surface area contributed by atoms with E-state index < -0.39 is 0 Å². The third kappa shape index (κ3) is 3.37. The predicted molar refractivity (Wildman–Crippen MR) is 103 cm³/mol. The maximum atomic E-state index is 12.4. The van der Waals surface area contributed by atoms with Gasteiger partial charge in [0.05, 0.1) is 5.75 Å². The van der Waals surface area contributed by atoms with Crippen LogP contribution in [0.5, 0.6) is 0 Å². The summed E-state index contributed by atoms with van der Waals surface area (Å²) in [7, 11) is 0. The lowest BCUT2D eigenvalue weighted by atomic mass is 10.1. The number of hydrogen-bond acceptors (Lipinski definition) is 5. The lowest BCUT2D eigenvalue weighted by Crippen LogP contribution is -2.03. The third-order valence-electron chi connectivity index (χ3n) is 4.07. The number of Topliss-reactive ketones (excluding diaryl/α,β-unsaturated/α-hetero) is 1. The van der Waals surface area contributed by atoms with Gasteiger partial charge in [0.2, 0.25) is 0 Å². The molecular formula is C19H20N2OS2. The van der Waals surface area contributed by atoms with Crippen molar-refractivity contribution in [2.45, 2.75) is 39.1 Å². The number of aryl methyl sites for hydroxylation is 4. The Labute approximate surface area is 150 Å². The summed E-state index contributed by atoms with van der Waals surface area (Å²) in [6.07, 6.45) is 0.797. The number of aromatic nitrogens is 2. The van der Waals surface area contributed by atoms with Crippen molar-refractivity contribution in [3.63, 3.8) is 0 Å². The number of ketones is 1. The summed E-state index contributed by atoms with van der Waals surface area (Å²) in [5.41, 5.74) is 3.14.